The Bertz CT molecular complexity index is 311. The van der Waals surface area contributed by atoms with Gasteiger partial charge in [0, 0.05) is 12.6 Å². The van der Waals surface area contributed by atoms with Gasteiger partial charge in [0.05, 0.1) is 0 Å². The molecular weight excluding hydrogens is 254 g/mol. The molecule has 2 atom stereocenters. The minimum Gasteiger partial charge on any atom is -0.480 e. The maximum atomic E-state index is 11.2. The van der Waals surface area contributed by atoms with Crippen molar-refractivity contribution in [3.63, 3.8) is 0 Å². The molecule has 1 fully saturated rings. The molecule has 0 saturated carbocycles. The van der Waals surface area contributed by atoms with Gasteiger partial charge in [-0.2, -0.15) is 0 Å². The van der Waals surface area contributed by atoms with E-state index in [0.717, 1.165) is 39.0 Å². The van der Waals surface area contributed by atoms with Crippen molar-refractivity contribution in [2.24, 2.45) is 5.73 Å². The number of likely N-dealkylation sites (N-methyl/N-ethyl adjacent to an activating group) is 1. The first-order valence-corrected chi connectivity index (χ1v) is 7.87. The molecule has 1 aliphatic rings. The van der Waals surface area contributed by atoms with E-state index in [-0.39, 0.29) is 0 Å². The van der Waals surface area contributed by atoms with Crippen LogP contribution in [0, 0.1) is 0 Å². The van der Waals surface area contributed by atoms with Gasteiger partial charge in [0.1, 0.15) is 5.54 Å². The Labute approximate surface area is 123 Å². The second-order valence-corrected chi connectivity index (χ2v) is 6.13. The average molecular weight is 285 g/mol. The molecule has 3 N–H and O–H groups in total. The van der Waals surface area contributed by atoms with Crippen molar-refractivity contribution < 1.29 is 9.90 Å². The van der Waals surface area contributed by atoms with Gasteiger partial charge in [-0.1, -0.05) is 13.8 Å². The van der Waals surface area contributed by atoms with Gasteiger partial charge in [0.15, 0.2) is 0 Å². The molecule has 0 aliphatic carbocycles. The predicted octanol–water partition coefficient (Wildman–Crippen LogP) is 1.37. The summed E-state index contributed by atoms with van der Waals surface area (Å²) >= 11 is 0. The highest BCUT2D eigenvalue weighted by molar-refractivity contribution is 5.78. The van der Waals surface area contributed by atoms with E-state index >= 15 is 0 Å². The highest BCUT2D eigenvalue weighted by atomic mass is 16.4. The molecule has 0 amide bonds. The molecule has 0 bridgehead atoms. The lowest BCUT2D eigenvalue weighted by molar-refractivity contribution is -0.143. The molecule has 118 valence electrons. The summed E-state index contributed by atoms with van der Waals surface area (Å²) in [5.74, 6) is -0.873. The molecule has 5 nitrogen and oxygen atoms in total. The standard InChI is InChI=1S/C15H31N3O2/c1-4-13-12-17(3)9-7-11-18(13)10-6-8-15(16,5-2)14(19)20/h13H,4-12,16H2,1-3H3,(H,19,20). The third-order valence-corrected chi connectivity index (χ3v) is 4.62. The Hall–Kier alpha value is -0.650. The number of carbonyl (C=O) groups is 1. The zero-order valence-corrected chi connectivity index (χ0v) is 13.3. The molecule has 20 heavy (non-hydrogen) atoms. The highest BCUT2D eigenvalue weighted by Gasteiger charge is 2.31. The first kappa shape index (κ1) is 17.4. The van der Waals surface area contributed by atoms with Crippen LogP contribution >= 0.6 is 0 Å². The van der Waals surface area contributed by atoms with Crippen molar-refractivity contribution in [2.75, 3.05) is 33.2 Å². The SMILES string of the molecule is CCC1CN(C)CCCN1CCCC(N)(CC)C(=O)O. The van der Waals surface area contributed by atoms with Crippen molar-refractivity contribution in [1.29, 1.82) is 0 Å². The van der Waals surface area contributed by atoms with Gasteiger partial charge in [-0.15, -0.1) is 0 Å². The smallest absolute Gasteiger partial charge is 0.323 e. The molecule has 1 saturated heterocycles. The van der Waals surface area contributed by atoms with Crippen LogP contribution in [-0.2, 0) is 4.79 Å². The number of carboxylic acids is 1. The molecule has 1 aliphatic heterocycles. The Kier molecular flexibility index (Phi) is 6.92. The molecule has 5 heteroatoms. The van der Waals surface area contributed by atoms with E-state index in [0.29, 0.717) is 18.9 Å². The number of carboxylic acid groups (broad SMARTS) is 1. The Balaban J connectivity index is 2.48. The monoisotopic (exact) mass is 285 g/mol. The number of nitrogens with zero attached hydrogens (tertiary/aromatic N) is 2. The summed E-state index contributed by atoms with van der Waals surface area (Å²) in [5.41, 5.74) is 4.90. The second-order valence-electron chi connectivity index (χ2n) is 6.13. The summed E-state index contributed by atoms with van der Waals surface area (Å²) in [6.45, 7) is 8.41. The van der Waals surface area contributed by atoms with Crippen LogP contribution in [0.3, 0.4) is 0 Å². The number of nitrogens with two attached hydrogens (primary N) is 1. The Morgan fingerprint density at radius 2 is 2.10 bits per heavy atom. The van der Waals surface area contributed by atoms with Crippen LogP contribution in [0.4, 0.5) is 0 Å². The molecule has 1 rings (SSSR count). The molecule has 2 unspecified atom stereocenters. The first-order chi connectivity index (χ1) is 9.42. The summed E-state index contributed by atoms with van der Waals surface area (Å²) in [7, 11) is 2.18. The van der Waals surface area contributed by atoms with Crippen molar-refractivity contribution in [3.05, 3.63) is 0 Å². The van der Waals surface area contributed by atoms with Gasteiger partial charge in [-0.3, -0.25) is 9.69 Å². The van der Waals surface area contributed by atoms with E-state index in [4.69, 9.17) is 5.73 Å². The van der Waals surface area contributed by atoms with Crippen molar-refractivity contribution in [2.45, 2.75) is 57.5 Å². The average Bonchev–Trinajstić information content (AvgIpc) is 2.59. The molecular formula is C15H31N3O2. The second kappa shape index (κ2) is 7.96. The van der Waals surface area contributed by atoms with Crippen LogP contribution in [0.25, 0.3) is 0 Å². The first-order valence-electron chi connectivity index (χ1n) is 7.87. The van der Waals surface area contributed by atoms with Crippen LogP contribution in [0.2, 0.25) is 0 Å². The zero-order chi connectivity index (χ0) is 15.2. The topological polar surface area (TPSA) is 69.8 Å². The fraction of sp³-hybridized carbons (Fsp3) is 0.933. The van der Waals surface area contributed by atoms with E-state index in [2.05, 4.69) is 23.8 Å². The largest absolute Gasteiger partial charge is 0.480 e. The third-order valence-electron chi connectivity index (χ3n) is 4.62. The number of aliphatic carboxylic acids is 1. The van der Waals surface area contributed by atoms with Gasteiger partial charge in [0.25, 0.3) is 0 Å². The van der Waals surface area contributed by atoms with Gasteiger partial charge in [-0.05, 0) is 58.8 Å². The lowest BCUT2D eigenvalue weighted by Gasteiger charge is -2.31. The van der Waals surface area contributed by atoms with Gasteiger partial charge in [0.2, 0.25) is 0 Å². The van der Waals surface area contributed by atoms with E-state index < -0.39 is 11.5 Å². The summed E-state index contributed by atoms with van der Waals surface area (Å²) in [5, 5.41) is 9.20. The van der Waals surface area contributed by atoms with E-state index in [1.807, 2.05) is 6.92 Å². The maximum absolute atomic E-state index is 11.2. The molecule has 0 spiro atoms. The zero-order valence-electron chi connectivity index (χ0n) is 13.3. The summed E-state index contributed by atoms with van der Waals surface area (Å²) < 4.78 is 0. The van der Waals surface area contributed by atoms with Crippen molar-refractivity contribution in [3.8, 4) is 0 Å². The predicted molar refractivity (Wildman–Crippen MR) is 81.8 cm³/mol. The molecule has 0 aromatic rings. The number of rotatable bonds is 7. The van der Waals surface area contributed by atoms with Crippen LogP contribution in [0.1, 0.15) is 46.0 Å². The minimum absolute atomic E-state index is 0.488. The molecule has 0 aromatic carbocycles. The maximum Gasteiger partial charge on any atom is 0.323 e. The Morgan fingerprint density at radius 3 is 2.65 bits per heavy atom. The van der Waals surface area contributed by atoms with Crippen LogP contribution in [0.15, 0.2) is 0 Å². The third kappa shape index (κ3) is 4.72. The molecule has 1 heterocycles. The lowest BCUT2D eigenvalue weighted by atomic mass is 9.91. The van der Waals surface area contributed by atoms with E-state index in [1.165, 1.54) is 6.42 Å². The van der Waals surface area contributed by atoms with E-state index in [1.54, 1.807) is 0 Å². The normalized spacial score (nSPS) is 25.1. The minimum atomic E-state index is -1.05. The fourth-order valence-electron chi connectivity index (χ4n) is 3.01. The summed E-state index contributed by atoms with van der Waals surface area (Å²) in [4.78, 5) is 16.1. The van der Waals surface area contributed by atoms with Crippen molar-refractivity contribution in [1.82, 2.24) is 9.80 Å². The molecule has 0 aromatic heterocycles. The molecule has 0 radical (unpaired) electrons. The summed E-state index contributed by atoms with van der Waals surface area (Å²) in [6, 6.07) is 0.584. The van der Waals surface area contributed by atoms with Crippen LogP contribution < -0.4 is 5.73 Å². The van der Waals surface area contributed by atoms with Crippen LogP contribution in [-0.4, -0.2) is 65.7 Å². The Morgan fingerprint density at radius 1 is 1.40 bits per heavy atom. The van der Waals surface area contributed by atoms with Gasteiger partial charge in [-0.25, -0.2) is 0 Å². The quantitative estimate of drug-likeness (QED) is 0.739. The number of hydrogen-bond donors (Lipinski definition) is 2. The lowest BCUT2D eigenvalue weighted by Crippen LogP contribution is -2.48. The highest BCUT2D eigenvalue weighted by Crippen LogP contribution is 2.17. The van der Waals surface area contributed by atoms with Gasteiger partial charge >= 0.3 is 5.97 Å². The number of hydrogen-bond acceptors (Lipinski definition) is 4. The summed E-state index contributed by atoms with van der Waals surface area (Å²) in [6.07, 6.45) is 4.24. The van der Waals surface area contributed by atoms with Crippen LogP contribution in [0.5, 0.6) is 0 Å². The van der Waals surface area contributed by atoms with Gasteiger partial charge < -0.3 is 15.7 Å². The van der Waals surface area contributed by atoms with E-state index in [9.17, 15) is 9.90 Å². The fourth-order valence-corrected chi connectivity index (χ4v) is 3.01. The van der Waals surface area contributed by atoms with Crippen molar-refractivity contribution >= 4 is 5.97 Å².